The number of hydrogen-bond donors (Lipinski definition) is 1. The summed E-state index contributed by atoms with van der Waals surface area (Å²) in [7, 11) is 1.63. The standard InChI is InChI=1S/C17H25NO4/c1-17(2,20)14-9-15(21-3)11-18(10-14)16(19)22-12-13-7-5-4-6-8-13/h4-8,14-15,20H,9-12H2,1-3H3. The summed E-state index contributed by atoms with van der Waals surface area (Å²) in [5, 5.41) is 10.2. The van der Waals surface area contributed by atoms with Crippen molar-refractivity contribution in [1.82, 2.24) is 4.90 Å². The Bertz CT molecular complexity index is 483. The Hall–Kier alpha value is -1.59. The first-order chi connectivity index (χ1) is 10.4. The van der Waals surface area contributed by atoms with Crippen molar-refractivity contribution in [1.29, 1.82) is 0 Å². The normalized spacial score (nSPS) is 22.5. The summed E-state index contributed by atoms with van der Waals surface area (Å²) in [4.78, 5) is 13.9. The molecule has 1 saturated heterocycles. The molecule has 0 spiro atoms. The minimum absolute atomic E-state index is 0.0320. The highest BCUT2D eigenvalue weighted by Gasteiger charge is 2.37. The Balaban J connectivity index is 1.95. The minimum atomic E-state index is -0.852. The number of carbonyl (C=O) groups excluding carboxylic acids is 1. The molecule has 5 heteroatoms. The van der Waals surface area contributed by atoms with Crippen molar-refractivity contribution in [2.24, 2.45) is 5.92 Å². The van der Waals surface area contributed by atoms with Crippen LogP contribution in [0.3, 0.4) is 0 Å². The third-order valence-electron chi connectivity index (χ3n) is 4.21. The Labute approximate surface area is 131 Å². The van der Waals surface area contributed by atoms with E-state index in [0.717, 1.165) is 12.0 Å². The third kappa shape index (κ3) is 4.45. The van der Waals surface area contributed by atoms with E-state index in [0.29, 0.717) is 13.1 Å². The maximum Gasteiger partial charge on any atom is 0.410 e. The summed E-state index contributed by atoms with van der Waals surface area (Å²) in [6, 6.07) is 9.58. The van der Waals surface area contributed by atoms with Crippen LogP contribution in [-0.2, 0) is 16.1 Å². The average molecular weight is 307 g/mol. The van der Waals surface area contributed by atoms with E-state index in [1.165, 1.54) is 0 Å². The van der Waals surface area contributed by atoms with Crippen LogP contribution in [0.15, 0.2) is 30.3 Å². The molecule has 1 aliphatic rings. The zero-order chi connectivity index (χ0) is 16.2. The lowest BCUT2D eigenvalue weighted by Gasteiger charge is -2.41. The van der Waals surface area contributed by atoms with Crippen LogP contribution >= 0.6 is 0 Å². The lowest BCUT2D eigenvalue weighted by Crippen LogP contribution is -2.52. The molecule has 122 valence electrons. The van der Waals surface area contributed by atoms with Crippen molar-refractivity contribution < 1.29 is 19.4 Å². The van der Waals surface area contributed by atoms with Crippen LogP contribution in [-0.4, -0.2) is 48.0 Å². The van der Waals surface area contributed by atoms with Gasteiger partial charge in [-0.3, -0.25) is 0 Å². The number of carbonyl (C=O) groups is 1. The number of aliphatic hydroxyl groups is 1. The molecule has 1 amide bonds. The monoisotopic (exact) mass is 307 g/mol. The summed E-state index contributed by atoms with van der Waals surface area (Å²) in [6.07, 6.45) is 0.303. The number of amides is 1. The molecule has 5 nitrogen and oxygen atoms in total. The molecule has 2 atom stereocenters. The largest absolute Gasteiger partial charge is 0.445 e. The maximum absolute atomic E-state index is 12.3. The second kappa shape index (κ2) is 7.11. The third-order valence-corrected chi connectivity index (χ3v) is 4.21. The predicted octanol–water partition coefficient (Wildman–Crippen LogP) is 2.43. The lowest BCUT2D eigenvalue weighted by atomic mass is 9.83. The van der Waals surface area contributed by atoms with Gasteiger partial charge >= 0.3 is 6.09 Å². The van der Waals surface area contributed by atoms with Crippen molar-refractivity contribution in [2.45, 2.75) is 38.6 Å². The SMILES string of the molecule is COC1CC(C(C)(C)O)CN(C(=O)OCc2ccccc2)C1. The molecule has 1 aromatic rings. The van der Waals surface area contributed by atoms with Crippen molar-refractivity contribution in [3.05, 3.63) is 35.9 Å². The van der Waals surface area contributed by atoms with E-state index < -0.39 is 5.60 Å². The van der Waals surface area contributed by atoms with Crippen LogP contribution in [0.25, 0.3) is 0 Å². The van der Waals surface area contributed by atoms with Gasteiger partial charge in [-0.2, -0.15) is 0 Å². The molecule has 1 N–H and O–H groups in total. The summed E-state index contributed by atoms with van der Waals surface area (Å²) in [5.74, 6) is -0.0320. The molecule has 0 aliphatic carbocycles. The number of rotatable bonds is 4. The average Bonchev–Trinajstić information content (AvgIpc) is 2.52. The van der Waals surface area contributed by atoms with Crippen molar-refractivity contribution in [2.75, 3.05) is 20.2 Å². The van der Waals surface area contributed by atoms with Gasteiger partial charge in [-0.05, 0) is 25.8 Å². The Morgan fingerprint density at radius 1 is 1.32 bits per heavy atom. The molecule has 0 radical (unpaired) electrons. The van der Waals surface area contributed by atoms with E-state index >= 15 is 0 Å². The molecule has 0 bridgehead atoms. The molecule has 2 unspecified atom stereocenters. The quantitative estimate of drug-likeness (QED) is 0.928. The van der Waals surface area contributed by atoms with E-state index in [1.807, 2.05) is 30.3 Å². The van der Waals surface area contributed by atoms with E-state index in [9.17, 15) is 9.90 Å². The highest BCUT2D eigenvalue weighted by Crippen LogP contribution is 2.28. The molecule has 1 aliphatic heterocycles. The first-order valence-electron chi connectivity index (χ1n) is 7.61. The summed E-state index contributed by atoms with van der Waals surface area (Å²) in [6.45, 7) is 4.76. The van der Waals surface area contributed by atoms with Crippen LogP contribution in [0.5, 0.6) is 0 Å². The van der Waals surface area contributed by atoms with Gasteiger partial charge in [-0.1, -0.05) is 30.3 Å². The number of likely N-dealkylation sites (tertiary alicyclic amines) is 1. The zero-order valence-electron chi connectivity index (χ0n) is 13.5. The second-order valence-corrected chi connectivity index (χ2v) is 6.39. The number of nitrogens with zero attached hydrogens (tertiary/aromatic N) is 1. The van der Waals surface area contributed by atoms with Gasteiger partial charge in [0.15, 0.2) is 0 Å². The predicted molar refractivity (Wildman–Crippen MR) is 83.4 cm³/mol. The van der Waals surface area contributed by atoms with Crippen LogP contribution in [0, 0.1) is 5.92 Å². The molecular weight excluding hydrogens is 282 g/mol. The molecule has 22 heavy (non-hydrogen) atoms. The molecule has 0 saturated carbocycles. The number of piperidine rings is 1. The number of benzene rings is 1. The topological polar surface area (TPSA) is 59.0 Å². The van der Waals surface area contributed by atoms with Gasteiger partial charge in [-0.15, -0.1) is 0 Å². The summed E-state index contributed by atoms with van der Waals surface area (Å²) < 4.78 is 10.8. The van der Waals surface area contributed by atoms with Gasteiger partial charge < -0.3 is 19.5 Å². The highest BCUT2D eigenvalue weighted by atomic mass is 16.6. The maximum atomic E-state index is 12.3. The van der Waals surface area contributed by atoms with Gasteiger partial charge in [-0.25, -0.2) is 4.79 Å². The molecule has 1 heterocycles. The minimum Gasteiger partial charge on any atom is -0.445 e. The Kier molecular flexibility index (Phi) is 5.42. The molecule has 2 rings (SSSR count). The first kappa shape index (κ1) is 16.8. The van der Waals surface area contributed by atoms with Gasteiger partial charge in [0, 0.05) is 19.6 Å². The van der Waals surface area contributed by atoms with Gasteiger partial charge in [0.1, 0.15) is 6.61 Å². The van der Waals surface area contributed by atoms with E-state index in [2.05, 4.69) is 0 Å². The Morgan fingerprint density at radius 2 is 2.00 bits per heavy atom. The fourth-order valence-corrected chi connectivity index (χ4v) is 2.70. The van der Waals surface area contributed by atoms with Crippen molar-refractivity contribution in [3.63, 3.8) is 0 Å². The molecule has 1 fully saturated rings. The number of methoxy groups -OCH3 is 1. The van der Waals surface area contributed by atoms with Gasteiger partial charge in [0.2, 0.25) is 0 Å². The molecule has 0 aromatic heterocycles. The number of hydrogen-bond acceptors (Lipinski definition) is 4. The summed E-state index contributed by atoms with van der Waals surface area (Å²) >= 11 is 0. The van der Waals surface area contributed by atoms with Gasteiger partial charge in [0.05, 0.1) is 18.2 Å². The molecular formula is C17H25NO4. The first-order valence-corrected chi connectivity index (χ1v) is 7.61. The van der Waals surface area contributed by atoms with Gasteiger partial charge in [0.25, 0.3) is 0 Å². The zero-order valence-corrected chi connectivity index (χ0v) is 13.5. The van der Waals surface area contributed by atoms with Crippen LogP contribution in [0.2, 0.25) is 0 Å². The van der Waals surface area contributed by atoms with E-state index in [4.69, 9.17) is 9.47 Å². The number of ether oxygens (including phenoxy) is 2. The lowest BCUT2D eigenvalue weighted by molar-refractivity contribution is -0.0629. The molecule has 1 aromatic carbocycles. The fourth-order valence-electron chi connectivity index (χ4n) is 2.70. The Morgan fingerprint density at radius 3 is 2.59 bits per heavy atom. The smallest absolute Gasteiger partial charge is 0.410 e. The second-order valence-electron chi connectivity index (χ2n) is 6.39. The van der Waals surface area contributed by atoms with Crippen LogP contribution < -0.4 is 0 Å². The van der Waals surface area contributed by atoms with E-state index in [1.54, 1.807) is 25.9 Å². The van der Waals surface area contributed by atoms with Crippen LogP contribution in [0.1, 0.15) is 25.8 Å². The van der Waals surface area contributed by atoms with Crippen LogP contribution in [0.4, 0.5) is 4.79 Å². The van der Waals surface area contributed by atoms with E-state index in [-0.39, 0.29) is 24.7 Å². The van der Waals surface area contributed by atoms with Crippen molar-refractivity contribution >= 4 is 6.09 Å². The van der Waals surface area contributed by atoms with Crippen molar-refractivity contribution in [3.8, 4) is 0 Å². The highest BCUT2D eigenvalue weighted by molar-refractivity contribution is 5.67. The summed E-state index contributed by atoms with van der Waals surface area (Å²) in [5.41, 5.74) is 0.102. The fraction of sp³-hybridized carbons (Fsp3) is 0.588.